The molecule has 3 aromatic rings. The Bertz CT molecular complexity index is 1190. The minimum atomic E-state index is -4.44. The molecule has 7 nitrogen and oxygen atoms in total. The van der Waals surface area contributed by atoms with Crippen molar-refractivity contribution in [2.24, 2.45) is 0 Å². The van der Waals surface area contributed by atoms with Gasteiger partial charge in [-0.1, -0.05) is 12.1 Å². The van der Waals surface area contributed by atoms with Gasteiger partial charge in [-0.2, -0.15) is 23.5 Å². The molecule has 0 saturated carbocycles. The Kier molecular flexibility index (Phi) is 6.96. The molecule has 2 aromatic heterocycles. The number of carbonyl (C=O) groups is 1. The normalized spacial score (nSPS) is 11.2. The van der Waals surface area contributed by atoms with Gasteiger partial charge >= 0.3 is 6.18 Å². The predicted molar refractivity (Wildman–Crippen MR) is 110 cm³/mol. The number of benzene rings is 1. The van der Waals surface area contributed by atoms with Crippen molar-refractivity contribution in [1.82, 2.24) is 14.8 Å². The van der Waals surface area contributed by atoms with Gasteiger partial charge in [0.1, 0.15) is 11.8 Å². The number of aryl methyl sites for hydroxylation is 2. The number of aromatic nitrogens is 3. The first-order valence-corrected chi connectivity index (χ1v) is 9.72. The van der Waals surface area contributed by atoms with Crippen molar-refractivity contribution in [3.05, 3.63) is 70.4 Å². The van der Waals surface area contributed by atoms with Gasteiger partial charge in [0.15, 0.2) is 23.9 Å². The molecule has 0 saturated heterocycles. The van der Waals surface area contributed by atoms with E-state index in [1.54, 1.807) is 44.3 Å². The Labute approximate surface area is 186 Å². The highest BCUT2D eigenvalue weighted by Gasteiger charge is 2.29. The lowest BCUT2D eigenvalue weighted by molar-refractivity contribution is -0.153. The molecule has 2 heterocycles. The van der Waals surface area contributed by atoms with E-state index in [1.807, 2.05) is 0 Å². The summed E-state index contributed by atoms with van der Waals surface area (Å²) in [6, 6.07) is 9.02. The van der Waals surface area contributed by atoms with Gasteiger partial charge < -0.3 is 10.1 Å². The number of carbonyl (C=O) groups excluding carboxylic acids is 1. The Morgan fingerprint density at radius 1 is 1.21 bits per heavy atom. The van der Waals surface area contributed by atoms with E-state index in [0.29, 0.717) is 22.4 Å². The number of amides is 1. The molecule has 0 atom stereocenters. The molecule has 11 heteroatoms. The van der Waals surface area contributed by atoms with Crippen molar-refractivity contribution in [3.8, 4) is 11.8 Å². The highest BCUT2D eigenvalue weighted by atomic mass is 19.4. The minimum Gasteiger partial charge on any atom is -0.484 e. The van der Waals surface area contributed by atoms with E-state index in [1.165, 1.54) is 10.7 Å². The number of nitriles is 1. The maximum Gasteiger partial charge on any atom is 0.422 e. The lowest BCUT2D eigenvalue weighted by Gasteiger charge is -2.15. The zero-order valence-corrected chi connectivity index (χ0v) is 17.7. The van der Waals surface area contributed by atoms with Gasteiger partial charge in [-0.25, -0.2) is 9.37 Å². The Hall–Kier alpha value is -3.94. The van der Waals surface area contributed by atoms with Crippen LogP contribution >= 0.6 is 0 Å². The average molecular weight is 461 g/mol. The second-order valence-corrected chi connectivity index (χ2v) is 7.33. The van der Waals surface area contributed by atoms with Crippen LogP contribution in [0.5, 0.6) is 5.75 Å². The standard InChI is InChI=1S/C22H19F4N5O2/c1-13-7-15(8-14(2)21(13)33-12-22(24,25)26)9-20(32)29-19-5-6-31(30-19)11-16-3-4-17(23)18(10-27)28-16/h3-8H,9,11-12H2,1-2H3,(H,29,30,32). The van der Waals surface area contributed by atoms with Crippen LogP contribution in [0.1, 0.15) is 28.1 Å². The van der Waals surface area contributed by atoms with E-state index >= 15 is 0 Å². The number of anilines is 1. The van der Waals surface area contributed by atoms with Crippen molar-refractivity contribution in [1.29, 1.82) is 5.26 Å². The van der Waals surface area contributed by atoms with Crippen molar-refractivity contribution in [2.75, 3.05) is 11.9 Å². The Morgan fingerprint density at radius 3 is 2.55 bits per heavy atom. The fraction of sp³-hybridized carbons (Fsp3) is 0.273. The summed E-state index contributed by atoms with van der Waals surface area (Å²) >= 11 is 0. The summed E-state index contributed by atoms with van der Waals surface area (Å²) in [4.78, 5) is 16.3. The lowest BCUT2D eigenvalue weighted by atomic mass is 10.0. The molecule has 172 valence electrons. The molecule has 1 N–H and O–H groups in total. The molecule has 0 fully saturated rings. The summed E-state index contributed by atoms with van der Waals surface area (Å²) in [5.41, 5.74) is 1.71. The zero-order valence-electron chi connectivity index (χ0n) is 17.7. The van der Waals surface area contributed by atoms with Gasteiger partial charge in [-0.15, -0.1) is 0 Å². The summed E-state index contributed by atoms with van der Waals surface area (Å²) in [6.07, 6.45) is -2.86. The molecule has 0 aliphatic carbocycles. The first-order valence-electron chi connectivity index (χ1n) is 9.72. The number of pyridine rings is 1. The first-order chi connectivity index (χ1) is 15.5. The number of nitrogens with one attached hydrogen (secondary N) is 1. The third-order valence-corrected chi connectivity index (χ3v) is 4.51. The number of nitrogens with zero attached hydrogens (tertiary/aromatic N) is 4. The van der Waals surface area contributed by atoms with Crippen LogP contribution in [0.15, 0.2) is 36.5 Å². The summed E-state index contributed by atoms with van der Waals surface area (Å²) in [5, 5.41) is 15.7. The molecule has 0 bridgehead atoms. The highest BCUT2D eigenvalue weighted by molar-refractivity contribution is 5.91. The van der Waals surface area contributed by atoms with Crippen LogP contribution in [0.4, 0.5) is 23.4 Å². The molecule has 3 rings (SSSR count). The second kappa shape index (κ2) is 9.68. The van der Waals surface area contributed by atoms with Crippen molar-refractivity contribution in [3.63, 3.8) is 0 Å². The molecule has 1 amide bonds. The third kappa shape index (κ3) is 6.52. The second-order valence-electron chi connectivity index (χ2n) is 7.33. The van der Waals surface area contributed by atoms with Crippen LogP contribution in [0.2, 0.25) is 0 Å². The molecule has 0 unspecified atom stereocenters. The van der Waals surface area contributed by atoms with Gasteiger partial charge in [-0.05, 0) is 42.7 Å². The molecule has 0 aliphatic heterocycles. The van der Waals surface area contributed by atoms with Crippen LogP contribution in [-0.4, -0.2) is 33.5 Å². The van der Waals surface area contributed by atoms with E-state index in [9.17, 15) is 22.4 Å². The van der Waals surface area contributed by atoms with Gasteiger partial charge in [0.2, 0.25) is 5.91 Å². The van der Waals surface area contributed by atoms with E-state index in [4.69, 9.17) is 10.00 Å². The average Bonchev–Trinajstić information content (AvgIpc) is 3.14. The van der Waals surface area contributed by atoms with Crippen LogP contribution in [0, 0.1) is 31.0 Å². The minimum absolute atomic E-state index is 0.0147. The van der Waals surface area contributed by atoms with E-state index in [2.05, 4.69) is 15.4 Å². The molecule has 0 aliphatic rings. The maximum atomic E-state index is 13.4. The summed E-state index contributed by atoms with van der Waals surface area (Å²) < 4.78 is 57.0. The third-order valence-electron chi connectivity index (χ3n) is 4.51. The van der Waals surface area contributed by atoms with Crippen LogP contribution in [-0.2, 0) is 17.8 Å². The first kappa shape index (κ1) is 23.7. The predicted octanol–water partition coefficient (Wildman–Crippen LogP) is 4.08. The van der Waals surface area contributed by atoms with Crippen LogP contribution in [0.25, 0.3) is 0 Å². The molecule has 33 heavy (non-hydrogen) atoms. The van der Waals surface area contributed by atoms with Crippen LogP contribution < -0.4 is 10.1 Å². The number of hydrogen-bond acceptors (Lipinski definition) is 5. The van der Waals surface area contributed by atoms with E-state index in [0.717, 1.165) is 6.07 Å². The summed E-state index contributed by atoms with van der Waals surface area (Å²) in [6.45, 7) is 2.01. The SMILES string of the molecule is Cc1cc(CC(=O)Nc2ccn(Cc3ccc(F)c(C#N)n3)n2)cc(C)c1OCC(F)(F)F. The largest absolute Gasteiger partial charge is 0.484 e. The monoisotopic (exact) mass is 461 g/mol. The number of halogens is 4. The number of hydrogen-bond donors (Lipinski definition) is 1. The van der Waals surface area contributed by atoms with Crippen molar-refractivity contribution in [2.45, 2.75) is 33.0 Å². The van der Waals surface area contributed by atoms with Crippen molar-refractivity contribution < 1.29 is 27.1 Å². The van der Waals surface area contributed by atoms with Gasteiger partial charge in [0, 0.05) is 12.3 Å². The van der Waals surface area contributed by atoms with E-state index in [-0.39, 0.29) is 36.1 Å². The maximum absolute atomic E-state index is 13.4. The van der Waals surface area contributed by atoms with Crippen molar-refractivity contribution >= 4 is 11.7 Å². The number of rotatable bonds is 7. The Morgan fingerprint density at radius 2 is 1.91 bits per heavy atom. The highest BCUT2D eigenvalue weighted by Crippen LogP contribution is 2.27. The van der Waals surface area contributed by atoms with E-state index < -0.39 is 18.6 Å². The molecule has 0 spiro atoms. The quantitative estimate of drug-likeness (QED) is 0.536. The molecular weight excluding hydrogens is 442 g/mol. The van der Waals surface area contributed by atoms with Gasteiger partial charge in [0.05, 0.1) is 18.7 Å². The summed E-state index contributed by atoms with van der Waals surface area (Å²) in [5.74, 6) is -0.653. The fourth-order valence-electron chi connectivity index (χ4n) is 3.23. The number of alkyl halides is 3. The topological polar surface area (TPSA) is 92.8 Å². The van der Waals surface area contributed by atoms with Gasteiger partial charge in [0.25, 0.3) is 0 Å². The smallest absolute Gasteiger partial charge is 0.422 e. The lowest BCUT2D eigenvalue weighted by Crippen LogP contribution is -2.20. The Balaban J connectivity index is 1.61. The zero-order chi connectivity index (χ0) is 24.2. The van der Waals surface area contributed by atoms with Crippen LogP contribution in [0.3, 0.4) is 0 Å². The molecular formula is C22H19F4N5O2. The molecule has 0 radical (unpaired) electrons. The number of ether oxygens (including phenoxy) is 1. The van der Waals surface area contributed by atoms with Gasteiger partial charge in [-0.3, -0.25) is 9.48 Å². The summed E-state index contributed by atoms with van der Waals surface area (Å²) in [7, 11) is 0. The molecule has 1 aromatic carbocycles. The fourth-order valence-corrected chi connectivity index (χ4v) is 3.23.